The maximum absolute atomic E-state index is 4.70. The Morgan fingerprint density at radius 3 is 2.73 bits per heavy atom. The molecule has 7 rings (SSSR count). The molecule has 0 spiro atoms. The van der Waals surface area contributed by atoms with Crippen molar-refractivity contribution in [1.82, 2.24) is 25.5 Å². The number of aromatic nitrogens is 4. The number of hydrogen-bond acceptors (Lipinski definition) is 4. The Morgan fingerprint density at radius 2 is 1.84 bits per heavy atom. The van der Waals surface area contributed by atoms with Crippen molar-refractivity contribution in [3.8, 4) is 33.0 Å². The number of aromatic amines is 2. The average molecular weight is 504 g/mol. The molecule has 0 saturated heterocycles. The molecular weight excluding hydrogens is 474 g/mol. The molecule has 6 aromatic rings. The molecule has 0 amide bonds. The van der Waals surface area contributed by atoms with Gasteiger partial charge in [0.05, 0.1) is 11.2 Å². The molecule has 1 saturated carbocycles. The highest BCUT2D eigenvalue weighted by Crippen LogP contribution is 2.36. The summed E-state index contributed by atoms with van der Waals surface area (Å²) in [7, 11) is 0. The number of hydrogen-bond donors (Lipinski definition) is 3. The topological polar surface area (TPSA) is 69.4 Å². The zero-order valence-electron chi connectivity index (χ0n) is 20.6. The highest BCUT2D eigenvalue weighted by atomic mass is 32.1. The van der Waals surface area contributed by atoms with Gasteiger partial charge in [-0.25, -0.2) is 0 Å². The molecule has 0 aliphatic heterocycles. The van der Waals surface area contributed by atoms with Crippen LogP contribution in [0.3, 0.4) is 0 Å². The highest BCUT2D eigenvalue weighted by Gasteiger charge is 2.16. The third-order valence-electron chi connectivity index (χ3n) is 7.63. The Bertz CT molecular complexity index is 1670. The number of thiophene rings is 1. The first-order chi connectivity index (χ1) is 18.3. The quantitative estimate of drug-likeness (QED) is 0.208. The van der Waals surface area contributed by atoms with Crippen LogP contribution in [0.5, 0.6) is 0 Å². The normalized spacial score (nSPS) is 14.3. The van der Waals surface area contributed by atoms with Gasteiger partial charge in [-0.15, -0.1) is 11.3 Å². The van der Waals surface area contributed by atoms with Crippen molar-refractivity contribution in [3.05, 3.63) is 84.0 Å². The van der Waals surface area contributed by atoms with Crippen molar-refractivity contribution >= 4 is 33.1 Å². The second-order valence-electron chi connectivity index (χ2n) is 10.1. The van der Waals surface area contributed by atoms with Crippen LogP contribution in [0.2, 0.25) is 0 Å². The number of pyridine rings is 1. The van der Waals surface area contributed by atoms with Crippen LogP contribution in [0.1, 0.15) is 31.2 Å². The molecule has 0 radical (unpaired) electrons. The standard InChI is InChI=1S/C31H29N5S/c1-2-6-20(5-1)16-32-17-21-13-23(19-33-18-21)22-10-11-28-26(14-22)31(36-35-28)29-15-25-24(30-9-4-12-37-30)7-3-8-27(25)34-29/h3-4,7-15,18-20,32,34H,1-2,5-6,16-17H2,(H,35,36). The number of benzene rings is 2. The Hall–Kier alpha value is -3.74. The zero-order chi connectivity index (χ0) is 24.6. The van der Waals surface area contributed by atoms with Gasteiger partial charge < -0.3 is 10.3 Å². The van der Waals surface area contributed by atoms with E-state index in [2.05, 4.69) is 86.4 Å². The first kappa shape index (κ1) is 22.5. The lowest BCUT2D eigenvalue weighted by atomic mass is 10.0. The third kappa shape index (κ3) is 4.37. The van der Waals surface area contributed by atoms with Crippen molar-refractivity contribution in [2.75, 3.05) is 6.54 Å². The lowest BCUT2D eigenvalue weighted by Gasteiger charge is -2.11. The van der Waals surface area contributed by atoms with Crippen LogP contribution in [0, 0.1) is 5.92 Å². The lowest BCUT2D eigenvalue weighted by molar-refractivity contribution is 0.489. The maximum atomic E-state index is 4.70. The second-order valence-corrected chi connectivity index (χ2v) is 11.1. The summed E-state index contributed by atoms with van der Waals surface area (Å²) in [5.41, 5.74) is 8.85. The Morgan fingerprint density at radius 1 is 0.892 bits per heavy atom. The minimum Gasteiger partial charge on any atom is -0.353 e. The molecule has 184 valence electrons. The predicted octanol–water partition coefficient (Wildman–Crippen LogP) is 7.78. The number of nitrogens with zero attached hydrogens (tertiary/aromatic N) is 2. The second kappa shape index (κ2) is 9.61. The third-order valence-corrected chi connectivity index (χ3v) is 8.54. The highest BCUT2D eigenvalue weighted by molar-refractivity contribution is 7.13. The summed E-state index contributed by atoms with van der Waals surface area (Å²) >= 11 is 1.77. The lowest BCUT2D eigenvalue weighted by Crippen LogP contribution is -2.20. The molecule has 4 heterocycles. The van der Waals surface area contributed by atoms with Gasteiger partial charge in [-0.05, 0) is 78.2 Å². The monoisotopic (exact) mass is 503 g/mol. The van der Waals surface area contributed by atoms with E-state index in [0.717, 1.165) is 57.9 Å². The molecule has 5 nitrogen and oxygen atoms in total. The van der Waals surface area contributed by atoms with E-state index < -0.39 is 0 Å². The molecule has 4 aromatic heterocycles. The van der Waals surface area contributed by atoms with Crippen LogP contribution in [0.25, 0.3) is 54.8 Å². The van der Waals surface area contributed by atoms with Crippen LogP contribution in [-0.2, 0) is 6.54 Å². The van der Waals surface area contributed by atoms with Crippen molar-refractivity contribution in [3.63, 3.8) is 0 Å². The summed E-state index contributed by atoms with van der Waals surface area (Å²) in [4.78, 5) is 9.44. The van der Waals surface area contributed by atoms with E-state index in [1.54, 1.807) is 11.3 Å². The van der Waals surface area contributed by atoms with Crippen molar-refractivity contribution < 1.29 is 0 Å². The summed E-state index contributed by atoms with van der Waals surface area (Å²) in [6.45, 7) is 1.96. The fourth-order valence-electron chi connectivity index (χ4n) is 5.71. The van der Waals surface area contributed by atoms with E-state index in [1.807, 2.05) is 12.4 Å². The minimum atomic E-state index is 0.837. The number of fused-ring (bicyclic) bond motifs is 2. The van der Waals surface area contributed by atoms with Crippen LogP contribution >= 0.6 is 11.3 Å². The van der Waals surface area contributed by atoms with Crippen LogP contribution < -0.4 is 5.32 Å². The van der Waals surface area contributed by atoms with Gasteiger partial charge >= 0.3 is 0 Å². The van der Waals surface area contributed by atoms with E-state index >= 15 is 0 Å². The van der Waals surface area contributed by atoms with Crippen molar-refractivity contribution in [2.24, 2.45) is 5.92 Å². The summed E-state index contributed by atoms with van der Waals surface area (Å²) in [5, 5.41) is 16.0. The van der Waals surface area contributed by atoms with E-state index in [4.69, 9.17) is 5.10 Å². The largest absolute Gasteiger partial charge is 0.353 e. The molecule has 1 fully saturated rings. The molecule has 0 atom stereocenters. The van der Waals surface area contributed by atoms with Crippen molar-refractivity contribution in [1.29, 1.82) is 0 Å². The van der Waals surface area contributed by atoms with Gasteiger partial charge in [-0.2, -0.15) is 5.10 Å². The molecule has 1 aliphatic rings. The molecular formula is C31H29N5S. The van der Waals surface area contributed by atoms with Gasteiger partial charge in [0.1, 0.15) is 5.69 Å². The number of rotatable bonds is 7. The SMILES string of the molecule is c1csc(-c2cccc3[nH]c(-c4n[nH]c5ccc(-c6cncc(CNCC7CCCC7)c6)cc45)cc23)c1. The van der Waals surface area contributed by atoms with E-state index in [0.29, 0.717) is 0 Å². The van der Waals surface area contributed by atoms with Crippen LogP contribution in [0.15, 0.2) is 78.4 Å². The van der Waals surface area contributed by atoms with Crippen molar-refractivity contribution in [2.45, 2.75) is 32.2 Å². The first-order valence-electron chi connectivity index (χ1n) is 13.1. The number of H-pyrrole nitrogens is 2. The van der Waals surface area contributed by atoms with E-state index in [-0.39, 0.29) is 0 Å². The maximum Gasteiger partial charge on any atom is 0.116 e. The molecule has 37 heavy (non-hydrogen) atoms. The number of nitrogens with one attached hydrogen (secondary N) is 3. The summed E-state index contributed by atoms with van der Waals surface area (Å²) < 4.78 is 0. The molecule has 1 aliphatic carbocycles. The summed E-state index contributed by atoms with van der Waals surface area (Å²) in [6.07, 6.45) is 9.43. The molecule has 0 bridgehead atoms. The first-order valence-corrected chi connectivity index (χ1v) is 14.0. The molecule has 3 N–H and O–H groups in total. The van der Waals surface area contributed by atoms with Gasteiger partial charge in [0.2, 0.25) is 0 Å². The van der Waals surface area contributed by atoms with Gasteiger partial charge in [-0.1, -0.05) is 37.1 Å². The summed E-state index contributed by atoms with van der Waals surface area (Å²) in [5.74, 6) is 0.837. The Labute approximate surface area is 220 Å². The van der Waals surface area contributed by atoms with E-state index in [9.17, 15) is 0 Å². The fourth-order valence-corrected chi connectivity index (χ4v) is 6.47. The average Bonchev–Trinajstić information content (AvgIpc) is 3.74. The van der Waals surface area contributed by atoms with Crippen LogP contribution in [-0.4, -0.2) is 26.7 Å². The van der Waals surface area contributed by atoms with Crippen LogP contribution in [0.4, 0.5) is 0 Å². The van der Waals surface area contributed by atoms with Gasteiger partial charge in [0, 0.05) is 51.2 Å². The summed E-state index contributed by atoms with van der Waals surface area (Å²) in [6, 6.07) is 21.7. The zero-order valence-corrected chi connectivity index (χ0v) is 21.4. The molecule has 0 unspecified atom stereocenters. The van der Waals surface area contributed by atoms with E-state index in [1.165, 1.54) is 47.1 Å². The van der Waals surface area contributed by atoms with Gasteiger partial charge in [0.15, 0.2) is 0 Å². The van der Waals surface area contributed by atoms with Gasteiger partial charge in [-0.3, -0.25) is 10.1 Å². The van der Waals surface area contributed by atoms with Gasteiger partial charge in [0.25, 0.3) is 0 Å². The fraction of sp³-hybridized carbons (Fsp3) is 0.226. The smallest absolute Gasteiger partial charge is 0.116 e. The minimum absolute atomic E-state index is 0.837. The Balaban J connectivity index is 1.20. The Kier molecular flexibility index (Phi) is 5.84. The molecule has 2 aromatic carbocycles. The predicted molar refractivity (Wildman–Crippen MR) is 154 cm³/mol. The molecule has 6 heteroatoms.